The van der Waals surface area contributed by atoms with Crippen molar-refractivity contribution in [1.82, 2.24) is 9.55 Å². The molecule has 96 valence electrons. The van der Waals surface area contributed by atoms with Crippen molar-refractivity contribution in [2.75, 3.05) is 10.5 Å². The van der Waals surface area contributed by atoms with E-state index in [2.05, 4.69) is 9.71 Å². The number of benzene rings is 1. The van der Waals surface area contributed by atoms with E-state index in [-0.39, 0.29) is 5.03 Å². The highest BCUT2D eigenvalue weighted by Crippen LogP contribution is 2.20. The quantitative estimate of drug-likeness (QED) is 0.814. The number of hydrogen-bond acceptors (Lipinski definition) is 4. The lowest BCUT2D eigenvalue weighted by molar-refractivity contribution is 0.598. The van der Waals surface area contributed by atoms with E-state index in [0.29, 0.717) is 17.2 Å². The SMILES string of the molecule is Cc1nc(S(=O)(=O)Nc2ccccc2N)cn1C. The maximum absolute atomic E-state index is 12.1. The molecule has 2 rings (SSSR count). The Bertz CT molecular complexity index is 657. The van der Waals surface area contributed by atoms with Gasteiger partial charge in [-0.2, -0.15) is 8.42 Å². The van der Waals surface area contributed by atoms with E-state index in [1.54, 1.807) is 42.8 Å². The van der Waals surface area contributed by atoms with E-state index in [0.717, 1.165) is 0 Å². The van der Waals surface area contributed by atoms with Gasteiger partial charge in [-0.25, -0.2) is 4.98 Å². The van der Waals surface area contributed by atoms with Crippen LogP contribution in [0.5, 0.6) is 0 Å². The smallest absolute Gasteiger partial charge is 0.281 e. The summed E-state index contributed by atoms with van der Waals surface area (Å²) in [6.07, 6.45) is 1.46. The molecule has 0 amide bonds. The second-order valence-electron chi connectivity index (χ2n) is 3.93. The number of aryl methyl sites for hydroxylation is 2. The number of nitrogens with zero attached hydrogens (tertiary/aromatic N) is 2. The number of para-hydroxylation sites is 2. The summed E-state index contributed by atoms with van der Waals surface area (Å²) < 4.78 is 28.2. The highest BCUT2D eigenvalue weighted by molar-refractivity contribution is 7.92. The first kappa shape index (κ1) is 12.4. The topological polar surface area (TPSA) is 90.0 Å². The summed E-state index contributed by atoms with van der Waals surface area (Å²) in [5.74, 6) is 0.622. The van der Waals surface area contributed by atoms with Crippen molar-refractivity contribution >= 4 is 21.4 Å². The van der Waals surface area contributed by atoms with Gasteiger partial charge in [0, 0.05) is 13.2 Å². The zero-order valence-electron chi connectivity index (χ0n) is 10.1. The number of nitrogen functional groups attached to an aromatic ring is 1. The predicted octanol–water partition coefficient (Wildman–Crippen LogP) is 1.11. The van der Waals surface area contributed by atoms with Crippen molar-refractivity contribution in [3.63, 3.8) is 0 Å². The Balaban J connectivity index is 2.36. The average molecular weight is 266 g/mol. The molecule has 0 aliphatic heterocycles. The Morgan fingerprint density at radius 1 is 1.33 bits per heavy atom. The maximum atomic E-state index is 12.1. The van der Waals surface area contributed by atoms with Gasteiger partial charge in [-0.1, -0.05) is 12.1 Å². The predicted molar refractivity (Wildman–Crippen MR) is 69.6 cm³/mol. The third kappa shape index (κ3) is 2.30. The number of anilines is 2. The zero-order chi connectivity index (χ0) is 13.3. The summed E-state index contributed by atoms with van der Waals surface area (Å²) in [5, 5.41) is -0.0225. The molecule has 0 saturated carbocycles. The summed E-state index contributed by atoms with van der Waals surface area (Å²) in [6.45, 7) is 1.73. The molecule has 7 heteroatoms. The van der Waals surface area contributed by atoms with E-state index >= 15 is 0 Å². The largest absolute Gasteiger partial charge is 0.397 e. The van der Waals surface area contributed by atoms with Gasteiger partial charge in [0.05, 0.1) is 11.4 Å². The van der Waals surface area contributed by atoms with Crippen LogP contribution in [0, 0.1) is 6.92 Å². The van der Waals surface area contributed by atoms with Crippen molar-refractivity contribution in [1.29, 1.82) is 0 Å². The van der Waals surface area contributed by atoms with Crippen LogP contribution in [0.15, 0.2) is 35.5 Å². The van der Waals surface area contributed by atoms with E-state index < -0.39 is 10.0 Å². The zero-order valence-corrected chi connectivity index (χ0v) is 10.9. The third-order valence-corrected chi connectivity index (χ3v) is 3.80. The molecule has 0 spiro atoms. The van der Waals surface area contributed by atoms with Gasteiger partial charge in [0.25, 0.3) is 10.0 Å². The minimum absolute atomic E-state index is 0.0225. The number of nitrogens with one attached hydrogen (secondary N) is 1. The van der Waals surface area contributed by atoms with Gasteiger partial charge in [0.15, 0.2) is 5.03 Å². The third-order valence-electron chi connectivity index (χ3n) is 2.57. The number of nitrogens with two attached hydrogens (primary N) is 1. The van der Waals surface area contributed by atoms with Crippen LogP contribution in [0.1, 0.15) is 5.82 Å². The van der Waals surface area contributed by atoms with Crippen LogP contribution in [0.4, 0.5) is 11.4 Å². The van der Waals surface area contributed by atoms with Crippen LogP contribution in [0.2, 0.25) is 0 Å². The lowest BCUT2D eigenvalue weighted by Crippen LogP contribution is -2.14. The van der Waals surface area contributed by atoms with E-state index in [9.17, 15) is 8.42 Å². The van der Waals surface area contributed by atoms with Gasteiger partial charge in [-0.15, -0.1) is 0 Å². The fourth-order valence-electron chi connectivity index (χ4n) is 1.44. The molecule has 0 bridgehead atoms. The van der Waals surface area contributed by atoms with E-state index in [1.807, 2.05) is 0 Å². The van der Waals surface area contributed by atoms with Crippen LogP contribution in [-0.4, -0.2) is 18.0 Å². The first-order chi connectivity index (χ1) is 8.40. The first-order valence-electron chi connectivity index (χ1n) is 5.27. The number of rotatable bonds is 3. The highest BCUT2D eigenvalue weighted by atomic mass is 32.2. The molecular weight excluding hydrogens is 252 g/mol. The fraction of sp³-hybridized carbons (Fsp3) is 0.182. The summed E-state index contributed by atoms with van der Waals surface area (Å²) in [5.41, 5.74) is 6.41. The molecule has 0 radical (unpaired) electrons. The van der Waals surface area contributed by atoms with Crippen molar-refractivity contribution in [2.24, 2.45) is 7.05 Å². The second kappa shape index (κ2) is 4.34. The molecule has 1 aromatic carbocycles. The minimum atomic E-state index is -3.70. The molecule has 1 heterocycles. The average Bonchev–Trinajstić information content (AvgIpc) is 2.63. The normalized spacial score (nSPS) is 11.4. The van der Waals surface area contributed by atoms with Gasteiger partial charge in [-0.3, -0.25) is 4.72 Å². The molecule has 1 aromatic heterocycles. The molecule has 18 heavy (non-hydrogen) atoms. The molecule has 0 unspecified atom stereocenters. The number of imidazole rings is 1. The number of aromatic nitrogens is 2. The van der Waals surface area contributed by atoms with Crippen LogP contribution in [-0.2, 0) is 17.1 Å². The fourth-order valence-corrected chi connectivity index (χ4v) is 2.57. The Morgan fingerprint density at radius 3 is 2.56 bits per heavy atom. The van der Waals surface area contributed by atoms with Gasteiger partial charge >= 0.3 is 0 Å². The van der Waals surface area contributed by atoms with E-state index in [1.165, 1.54) is 6.20 Å². The monoisotopic (exact) mass is 266 g/mol. The van der Waals surface area contributed by atoms with Gasteiger partial charge in [0.1, 0.15) is 5.82 Å². The van der Waals surface area contributed by atoms with Crippen molar-refractivity contribution in [2.45, 2.75) is 11.9 Å². The van der Waals surface area contributed by atoms with Crippen LogP contribution in [0.3, 0.4) is 0 Å². The number of sulfonamides is 1. The summed E-state index contributed by atoms with van der Waals surface area (Å²) in [6, 6.07) is 6.67. The first-order valence-corrected chi connectivity index (χ1v) is 6.76. The lowest BCUT2D eigenvalue weighted by Gasteiger charge is -2.07. The Kier molecular flexibility index (Phi) is 3.00. The lowest BCUT2D eigenvalue weighted by atomic mass is 10.3. The second-order valence-corrected chi connectivity index (χ2v) is 5.56. The van der Waals surface area contributed by atoms with Crippen LogP contribution < -0.4 is 10.5 Å². The molecule has 0 aliphatic carbocycles. The van der Waals surface area contributed by atoms with Crippen LogP contribution in [0.25, 0.3) is 0 Å². The van der Waals surface area contributed by atoms with Crippen LogP contribution >= 0.6 is 0 Å². The molecule has 0 aliphatic rings. The molecule has 3 N–H and O–H groups in total. The number of hydrogen-bond donors (Lipinski definition) is 2. The summed E-state index contributed by atoms with van der Waals surface area (Å²) >= 11 is 0. The Labute approximate surface area is 106 Å². The molecule has 0 atom stereocenters. The van der Waals surface area contributed by atoms with Gasteiger partial charge in [-0.05, 0) is 19.1 Å². The molecule has 0 saturated heterocycles. The van der Waals surface area contributed by atoms with Crippen molar-refractivity contribution in [3.8, 4) is 0 Å². The highest BCUT2D eigenvalue weighted by Gasteiger charge is 2.19. The maximum Gasteiger partial charge on any atom is 0.281 e. The van der Waals surface area contributed by atoms with Crippen molar-refractivity contribution < 1.29 is 8.42 Å². The minimum Gasteiger partial charge on any atom is -0.397 e. The Hall–Kier alpha value is -2.02. The van der Waals surface area contributed by atoms with Crippen molar-refractivity contribution in [3.05, 3.63) is 36.3 Å². The summed E-state index contributed by atoms with van der Waals surface area (Å²) in [4.78, 5) is 3.98. The molecular formula is C11H14N4O2S. The molecule has 6 nitrogen and oxygen atoms in total. The molecule has 2 aromatic rings. The van der Waals surface area contributed by atoms with Gasteiger partial charge < -0.3 is 10.3 Å². The van der Waals surface area contributed by atoms with Gasteiger partial charge in [0.2, 0.25) is 0 Å². The standard InChI is InChI=1S/C11H14N4O2S/c1-8-13-11(7-15(8)2)18(16,17)14-10-6-4-3-5-9(10)12/h3-7,14H,12H2,1-2H3. The van der Waals surface area contributed by atoms with E-state index in [4.69, 9.17) is 5.73 Å². The summed E-state index contributed by atoms with van der Waals surface area (Å²) in [7, 11) is -1.97. The molecule has 0 fully saturated rings. The Morgan fingerprint density at radius 2 is 2.00 bits per heavy atom.